The first-order valence-electron chi connectivity index (χ1n) is 4.12. The van der Waals surface area contributed by atoms with Gasteiger partial charge in [-0.1, -0.05) is 0 Å². The molecular weight excluding hydrogens is 186 g/mol. The molecule has 0 aliphatic rings. The van der Waals surface area contributed by atoms with E-state index in [1.54, 1.807) is 6.07 Å². The van der Waals surface area contributed by atoms with Crippen molar-refractivity contribution in [1.82, 2.24) is 4.98 Å². The van der Waals surface area contributed by atoms with Crippen LogP contribution in [0.25, 0.3) is 11.1 Å². The SMILES string of the molecule is CC(O)OC(=O)c1cc2occc2[nH]1. The molecular formula is C9H9NO4. The Morgan fingerprint density at radius 1 is 1.71 bits per heavy atom. The molecule has 2 aromatic rings. The summed E-state index contributed by atoms with van der Waals surface area (Å²) in [5, 5.41) is 8.83. The van der Waals surface area contributed by atoms with Crippen LogP contribution >= 0.6 is 0 Å². The van der Waals surface area contributed by atoms with Crippen molar-refractivity contribution in [2.45, 2.75) is 13.2 Å². The van der Waals surface area contributed by atoms with Gasteiger partial charge in [0.25, 0.3) is 0 Å². The number of carbonyl (C=O) groups excluding carboxylic acids is 1. The molecule has 14 heavy (non-hydrogen) atoms. The van der Waals surface area contributed by atoms with Crippen LogP contribution in [0, 0.1) is 0 Å². The normalized spacial score (nSPS) is 13.0. The molecule has 0 fully saturated rings. The molecule has 0 aromatic carbocycles. The number of fused-ring (bicyclic) bond motifs is 1. The van der Waals surface area contributed by atoms with E-state index in [0.29, 0.717) is 5.58 Å². The summed E-state index contributed by atoms with van der Waals surface area (Å²) in [4.78, 5) is 14.1. The number of ether oxygens (including phenoxy) is 1. The monoisotopic (exact) mass is 195 g/mol. The summed E-state index contributed by atoms with van der Waals surface area (Å²) >= 11 is 0. The van der Waals surface area contributed by atoms with E-state index in [0.717, 1.165) is 5.52 Å². The zero-order chi connectivity index (χ0) is 10.1. The Kier molecular flexibility index (Phi) is 2.01. The highest BCUT2D eigenvalue weighted by molar-refractivity contribution is 5.93. The zero-order valence-electron chi connectivity index (χ0n) is 7.48. The van der Waals surface area contributed by atoms with Crippen LogP contribution in [0.15, 0.2) is 22.8 Å². The number of rotatable bonds is 2. The van der Waals surface area contributed by atoms with Crippen LogP contribution in [0.5, 0.6) is 0 Å². The maximum Gasteiger partial charge on any atom is 0.357 e. The molecule has 5 nitrogen and oxygen atoms in total. The Morgan fingerprint density at radius 2 is 2.50 bits per heavy atom. The maximum atomic E-state index is 11.3. The van der Waals surface area contributed by atoms with Crippen molar-refractivity contribution < 1.29 is 19.1 Å². The molecule has 0 spiro atoms. The van der Waals surface area contributed by atoms with Gasteiger partial charge in [0.1, 0.15) is 5.69 Å². The standard InChI is InChI=1S/C9H9NO4/c1-5(11)14-9(12)7-4-8-6(10-7)2-3-13-8/h2-5,10-11H,1H3. The van der Waals surface area contributed by atoms with Crippen molar-refractivity contribution in [3.8, 4) is 0 Å². The summed E-state index contributed by atoms with van der Waals surface area (Å²) in [6.07, 6.45) is 0.405. The molecule has 0 saturated heterocycles. The van der Waals surface area contributed by atoms with Crippen molar-refractivity contribution in [3.05, 3.63) is 24.1 Å². The molecule has 2 aromatic heterocycles. The van der Waals surface area contributed by atoms with Crippen LogP contribution in [-0.2, 0) is 4.74 Å². The number of hydrogen-bond donors (Lipinski definition) is 2. The van der Waals surface area contributed by atoms with E-state index in [4.69, 9.17) is 9.52 Å². The minimum atomic E-state index is -1.11. The molecule has 0 aliphatic carbocycles. The van der Waals surface area contributed by atoms with Gasteiger partial charge in [-0.05, 0) is 6.92 Å². The van der Waals surface area contributed by atoms with Gasteiger partial charge in [-0.3, -0.25) is 0 Å². The van der Waals surface area contributed by atoms with Crippen LogP contribution in [0.3, 0.4) is 0 Å². The third-order valence-electron chi connectivity index (χ3n) is 1.74. The lowest BCUT2D eigenvalue weighted by Gasteiger charge is -2.04. The lowest BCUT2D eigenvalue weighted by Crippen LogP contribution is -2.14. The van der Waals surface area contributed by atoms with Gasteiger partial charge in [0.05, 0.1) is 11.8 Å². The molecule has 2 N–H and O–H groups in total. The minimum Gasteiger partial charge on any atom is -0.463 e. The number of carbonyl (C=O) groups is 1. The van der Waals surface area contributed by atoms with Crippen LogP contribution < -0.4 is 0 Å². The average molecular weight is 195 g/mol. The fraction of sp³-hybridized carbons (Fsp3) is 0.222. The molecule has 74 valence electrons. The highest BCUT2D eigenvalue weighted by Crippen LogP contribution is 2.16. The summed E-state index contributed by atoms with van der Waals surface area (Å²) in [7, 11) is 0. The van der Waals surface area contributed by atoms with Crippen molar-refractivity contribution >= 4 is 17.1 Å². The van der Waals surface area contributed by atoms with E-state index in [2.05, 4.69) is 9.72 Å². The Balaban J connectivity index is 2.26. The zero-order valence-corrected chi connectivity index (χ0v) is 7.48. The number of esters is 1. The molecule has 1 atom stereocenters. The number of aromatic nitrogens is 1. The van der Waals surface area contributed by atoms with Gasteiger partial charge in [-0.15, -0.1) is 0 Å². The summed E-state index contributed by atoms with van der Waals surface area (Å²) in [5.74, 6) is -0.605. The highest BCUT2D eigenvalue weighted by Gasteiger charge is 2.13. The number of aliphatic hydroxyl groups excluding tert-OH is 1. The number of aliphatic hydroxyl groups is 1. The number of hydrogen-bond acceptors (Lipinski definition) is 4. The molecule has 2 heterocycles. The quantitative estimate of drug-likeness (QED) is 0.558. The molecule has 0 radical (unpaired) electrons. The summed E-state index contributed by atoms with van der Waals surface area (Å²) < 4.78 is 9.63. The van der Waals surface area contributed by atoms with Gasteiger partial charge in [0.15, 0.2) is 11.9 Å². The van der Waals surface area contributed by atoms with Crippen molar-refractivity contribution in [3.63, 3.8) is 0 Å². The Morgan fingerprint density at radius 3 is 3.14 bits per heavy atom. The third kappa shape index (κ3) is 1.49. The lowest BCUT2D eigenvalue weighted by molar-refractivity contribution is -0.0526. The second-order valence-corrected chi connectivity index (χ2v) is 2.89. The second-order valence-electron chi connectivity index (χ2n) is 2.89. The van der Waals surface area contributed by atoms with Crippen molar-refractivity contribution in [2.75, 3.05) is 0 Å². The summed E-state index contributed by atoms with van der Waals surface area (Å²) in [5.41, 5.74) is 1.57. The number of H-pyrrole nitrogens is 1. The van der Waals surface area contributed by atoms with Gasteiger partial charge >= 0.3 is 5.97 Å². The topological polar surface area (TPSA) is 75.5 Å². The first-order chi connectivity index (χ1) is 6.66. The Bertz CT molecular complexity index is 426. The van der Waals surface area contributed by atoms with E-state index >= 15 is 0 Å². The predicted octanol–water partition coefficient (Wildman–Crippen LogP) is 1.26. The predicted molar refractivity (Wildman–Crippen MR) is 47.7 cm³/mol. The second kappa shape index (κ2) is 3.19. The fourth-order valence-corrected chi connectivity index (χ4v) is 1.18. The Labute approximate surface area is 79.3 Å². The van der Waals surface area contributed by atoms with Gasteiger partial charge < -0.3 is 19.2 Å². The van der Waals surface area contributed by atoms with Gasteiger partial charge in [-0.25, -0.2) is 4.79 Å². The van der Waals surface area contributed by atoms with E-state index in [-0.39, 0.29) is 5.69 Å². The first kappa shape index (κ1) is 8.83. The van der Waals surface area contributed by atoms with Crippen LogP contribution in [0.2, 0.25) is 0 Å². The van der Waals surface area contributed by atoms with E-state index in [1.165, 1.54) is 19.3 Å². The summed E-state index contributed by atoms with van der Waals surface area (Å²) in [6.45, 7) is 1.37. The van der Waals surface area contributed by atoms with Crippen LogP contribution in [0.4, 0.5) is 0 Å². The lowest BCUT2D eigenvalue weighted by atomic mass is 10.4. The largest absolute Gasteiger partial charge is 0.463 e. The average Bonchev–Trinajstić information content (AvgIpc) is 2.58. The molecule has 5 heteroatoms. The molecule has 0 bridgehead atoms. The highest BCUT2D eigenvalue weighted by atomic mass is 16.6. The van der Waals surface area contributed by atoms with Crippen LogP contribution in [0.1, 0.15) is 17.4 Å². The maximum absolute atomic E-state index is 11.3. The number of nitrogens with one attached hydrogen (secondary N) is 1. The molecule has 0 amide bonds. The molecule has 0 aliphatic heterocycles. The molecule has 1 unspecified atom stereocenters. The molecule has 0 saturated carbocycles. The summed E-state index contributed by atoms with van der Waals surface area (Å²) in [6, 6.07) is 3.23. The Hall–Kier alpha value is -1.75. The number of furan rings is 1. The fourth-order valence-electron chi connectivity index (χ4n) is 1.18. The van der Waals surface area contributed by atoms with Gasteiger partial charge in [0, 0.05) is 12.1 Å². The minimum absolute atomic E-state index is 0.264. The van der Waals surface area contributed by atoms with Crippen molar-refractivity contribution in [2.24, 2.45) is 0 Å². The number of aromatic amines is 1. The van der Waals surface area contributed by atoms with Crippen molar-refractivity contribution in [1.29, 1.82) is 0 Å². The smallest absolute Gasteiger partial charge is 0.357 e. The van der Waals surface area contributed by atoms with Gasteiger partial charge in [0.2, 0.25) is 0 Å². The van der Waals surface area contributed by atoms with E-state index in [1.807, 2.05) is 0 Å². The van der Waals surface area contributed by atoms with E-state index in [9.17, 15) is 4.79 Å². The van der Waals surface area contributed by atoms with E-state index < -0.39 is 12.3 Å². The first-order valence-corrected chi connectivity index (χ1v) is 4.12. The van der Waals surface area contributed by atoms with Crippen LogP contribution in [-0.4, -0.2) is 22.3 Å². The van der Waals surface area contributed by atoms with Gasteiger partial charge in [-0.2, -0.15) is 0 Å². The molecule has 2 rings (SSSR count). The third-order valence-corrected chi connectivity index (χ3v) is 1.74.